The van der Waals surface area contributed by atoms with Gasteiger partial charge in [-0.2, -0.15) is 0 Å². The summed E-state index contributed by atoms with van der Waals surface area (Å²) in [7, 11) is 1.60. The number of carbonyl (C=O) groups excluding carboxylic acids is 2. The lowest BCUT2D eigenvalue weighted by Gasteiger charge is -2.06. The van der Waals surface area contributed by atoms with Crippen LogP contribution in [0.3, 0.4) is 0 Å². The van der Waals surface area contributed by atoms with Crippen LogP contribution >= 0.6 is 11.3 Å². The highest BCUT2D eigenvalue weighted by Crippen LogP contribution is 2.20. The van der Waals surface area contributed by atoms with Crippen molar-refractivity contribution in [2.75, 3.05) is 12.4 Å². The number of aryl methyl sites for hydroxylation is 2. The number of hydrogen-bond acceptors (Lipinski definition) is 5. The van der Waals surface area contributed by atoms with Gasteiger partial charge in [-0.05, 0) is 55.3 Å². The molecule has 3 aromatic rings. The van der Waals surface area contributed by atoms with Crippen LogP contribution in [-0.4, -0.2) is 23.9 Å². The van der Waals surface area contributed by atoms with Crippen LogP contribution in [0.1, 0.15) is 31.5 Å². The van der Waals surface area contributed by atoms with E-state index in [1.54, 1.807) is 27.0 Å². The molecule has 0 atom stereocenters. The number of benzene rings is 2. The Morgan fingerprint density at radius 1 is 1.13 bits per heavy atom. The van der Waals surface area contributed by atoms with Crippen molar-refractivity contribution in [3.8, 4) is 5.75 Å². The molecule has 30 heavy (non-hydrogen) atoms. The van der Waals surface area contributed by atoms with Crippen molar-refractivity contribution in [2.24, 2.45) is 0 Å². The number of methoxy groups -OCH3 is 1. The summed E-state index contributed by atoms with van der Waals surface area (Å²) < 4.78 is 18.5. The Hall–Kier alpha value is -3.26. The Balaban J connectivity index is 1.58. The molecule has 8 heteroatoms. The molecule has 0 spiro atoms. The summed E-state index contributed by atoms with van der Waals surface area (Å²) in [6.07, 6.45) is 0.0354. The largest absolute Gasteiger partial charge is 0.497 e. The van der Waals surface area contributed by atoms with Gasteiger partial charge in [0.05, 0.1) is 19.2 Å². The summed E-state index contributed by atoms with van der Waals surface area (Å²) in [4.78, 5) is 29.6. The van der Waals surface area contributed by atoms with E-state index in [1.165, 1.54) is 23.5 Å². The second-order valence-corrected chi connectivity index (χ2v) is 7.83. The number of hydrogen-bond donors (Lipinski definition) is 2. The molecule has 6 nitrogen and oxygen atoms in total. The maximum Gasteiger partial charge on any atom is 0.263 e. The van der Waals surface area contributed by atoms with Crippen molar-refractivity contribution in [3.63, 3.8) is 0 Å². The van der Waals surface area contributed by atoms with Gasteiger partial charge in [0.15, 0.2) is 0 Å². The van der Waals surface area contributed by atoms with E-state index >= 15 is 0 Å². The first kappa shape index (κ1) is 21.4. The fourth-order valence-corrected chi connectivity index (χ4v) is 3.79. The SMILES string of the molecule is COc1ccc(CNC(=O)c2sc(CC(=O)Nc3ccc(F)c(C)c3)nc2C)cc1. The average Bonchev–Trinajstić information content (AvgIpc) is 3.09. The number of anilines is 1. The number of aromatic nitrogens is 1. The number of carbonyl (C=O) groups is 2. The molecule has 1 aromatic heterocycles. The molecule has 0 aliphatic heterocycles. The van der Waals surface area contributed by atoms with E-state index in [9.17, 15) is 14.0 Å². The lowest BCUT2D eigenvalue weighted by atomic mass is 10.2. The van der Waals surface area contributed by atoms with Crippen LogP contribution in [0.25, 0.3) is 0 Å². The van der Waals surface area contributed by atoms with E-state index in [-0.39, 0.29) is 24.1 Å². The van der Waals surface area contributed by atoms with E-state index in [4.69, 9.17) is 4.74 Å². The Labute approximate surface area is 178 Å². The van der Waals surface area contributed by atoms with Crippen LogP contribution in [-0.2, 0) is 17.8 Å². The van der Waals surface area contributed by atoms with Crippen LogP contribution in [0.5, 0.6) is 5.75 Å². The van der Waals surface area contributed by atoms with Crippen molar-refractivity contribution < 1.29 is 18.7 Å². The molecule has 1 heterocycles. The molecule has 0 unspecified atom stereocenters. The van der Waals surface area contributed by atoms with Crippen molar-refractivity contribution in [2.45, 2.75) is 26.8 Å². The smallest absolute Gasteiger partial charge is 0.263 e. The van der Waals surface area contributed by atoms with Gasteiger partial charge in [-0.1, -0.05) is 12.1 Å². The van der Waals surface area contributed by atoms with Crippen LogP contribution in [0, 0.1) is 19.7 Å². The lowest BCUT2D eigenvalue weighted by Crippen LogP contribution is -2.22. The number of ether oxygens (including phenoxy) is 1. The minimum absolute atomic E-state index is 0.0354. The average molecular weight is 428 g/mol. The summed E-state index contributed by atoms with van der Waals surface area (Å²) in [5.41, 5.74) is 2.49. The third kappa shape index (κ3) is 5.42. The Morgan fingerprint density at radius 2 is 1.87 bits per heavy atom. The topological polar surface area (TPSA) is 80.3 Å². The second-order valence-electron chi connectivity index (χ2n) is 6.74. The summed E-state index contributed by atoms with van der Waals surface area (Å²) in [6.45, 7) is 3.75. The standard InChI is InChI=1S/C22H22FN3O3S/c1-13-10-16(6-9-18(13)23)26-19(27)11-20-25-14(2)21(30-20)22(28)24-12-15-4-7-17(29-3)8-5-15/h4-10H,11-12H2,1-3H3,(H,24,28)(H,26,27). The molecule has 2 N–H and O–H groups in total. The van der Waals surface area contributed by atoms with Gasteiger partial charge in [0, 0.05) is 12.2 Å². The first-order valence-electron chi connectivity index (χ1n) is 9.29. The van der Waals surface area contributed by atoms with Gasteiger partial charge >= 0.3 is 0 Å². The van der Waals surface area contributed by atoms with Crippen LogP contribution in [0.2, 0.25) is 0 Å². The highest BCUT2D eigenvalue weighted by molar-refractivity contribution is 7.13. The second kappa shape index (κ2) is 9.49. The molecule has 2 amide bonds. The van der Waals surface area contributed by atoms with E-state index in [0.717, 1.165) is 11.3 Å². The quantitative estimate of drug-likeness (QED) is 0.597. The predicted octanol–water partition coefficient (Wildman–Crippen LogP) is 4.02. The van der Waals surface area contributed by atoms with Gasteiger partial charge in [-0.3, -0.25) is 9.59 Å². The van der Waals surface area contributed by atoms with E-state index in [0.29, 0.717) is 33.4 Å². The summed E-state index contributed by atoms with van der Waals surface area (Å²) in [6, 6.07) is 11.8. The van der Waals surface area contributed by atoms with E-state index in [1.807, 2.05) is 24.3 Å². The molecule has 3 rings (SSSR count). The maximum absolute atomic E-state index is 13.3. The van der Waals surface area contributed by atoms with Crippen molar-refractivity contribution >= 4 is 28.8 Å². The highest BCUT2D eigenvalue weighted by atomic mass is 32.1. The molecular formula is C22H22FN3O3S. The number of nitrogens with zero attached hydrogens (tertiary/aromatic N) is 1. The Kier molecular flexibility index (Phi) is 6.79. The van der Waals surface area contributed by atoms with E-state index in [2.05, 4.69) is 15.6 Å². The molecule has 2 aromatic carbocycles. The van der Waals surface area contributed by atoms with Crippen LogP contribution in [0.4, 0.5) is 10.1 Å². The van der Waals surface area contributed by atoms with Crippen LogP contribution < -0.4 is 15.4 Å². The molecular weight excluding hydrogens is 405 g/mol. The third-order valence-electron chi connectivity index (χ3n) is 4.41. The van der Waals surface area contributed by atoms with Gasteiger partial charge in [0.1, 0.15) is 21.5 Å². The van der Waals surface area contributed by atoms with Crippen LogP contribution in [0.15, 0.2) is 42.5 Å². The molecule has 0 radical (unpaired) electrons. The number of halogens is 1. The fourth-order valence-electron chi connectivity index (χ4n) is 2.81. The number of amides is 2. The minimum atomic E-state index is -0.325. The minimum Gasteiger partial charge on any atom is -0.497 e. The molecule has 0 saturated carbocycles. The van der Waals surface area contributed by atoms with Gasteiger partial charge < -0.3 is 15.4 Å². The molecule has 0 aliphatic rings. The number of thiazole rings is 1. The zero-order valence-corrected chi connectivity index (χ0v) is 17.7. The molecule has 0 aliphatic carbocycles. The fraction of sp³-hybridized carbons (Fsp3) is 0.227. The van der Waals surface area contributed by atoms with Crippen molar-refractivity contribution in [3.05, 3.63) is 75.0 Å². The van der Waals surface area contributed by atoms with Gasteiger partial charge in [-0.25, -0.2) is 9.37 Å². The summed E-state index contributed by atoms with van der Waals surface area (Å²) in [5.74, 6) is -0.0856. The predicted molar refractivity (Wildman–Crippen MR) is 114 cm³/mol. The lowest BCUT2D eigenvalue weighted by molar-refractivity contribution is -0.115. The first-order valence-corrected chi connectivity index (χ1v) is 10.1. The summed E-state index contributed by atoms with van der Waals surface area (Å²) >= 11 is 1.19. The Bertz CT molecular complexity index is 1060. The van der Waals surface area contributed by atoms with Crippen molar-refractivity contribution in [1.29, 1.82) is 0 Å². The number of rotatable bonds is 7. The van der Waals surface area contributed by atoms with Crippen molar-refractivity contribution in [1.82, 2.24) is 10.3 Å². The maximum atomic E-state index is 13.3. The summed E-state index contributed by atoms with van der Waals surface area (Å²) in [5, 5.41) is 6.13. The first-order chi connectivity index (χ1) is 14.4. The van der Waals surface area contributed by atoms with Gasteiger partial charge in [-0.15, -0.1) is 11.3 Å². The van der Waals surface area contributed by atoms with Gasteiger partial charge in [0.2, 0.25) is 5.91 Å². The third-order valence-corrected chi connectivity index (χ3v) is 5.57. The monoisotopic (exact) mass is 427 g/mol. The molecule has 0 bridgehead atoms. The molecule has 0 saturated heterocycles. The normalized spacial score (nSPS) is 10.5. The number of nitrogens with one attached hydrogen (secondary N) is 2. The zero-order chi connectivity index (χ0) is 21.7. The highest BCUT2D eigenvalue weighted by Gasteiger charge is 2.17. The van der Waals surface area contributed by atoms with E-state index < -0.39 is 0 Å². The van der Waals surface area contributed by atoms with Gasteiger partial charge in [0.25, 0.3) is 5.91 Å². The Morgan fingerprint density at radius 3 is 2.53 bits per heavy atom. The molecule has 0 fully saturated rings. The molecule has 156 valence electrons. The zero-order valence-electron chi connectivity index (χ0n) is 16.9.